The van der Waals surface area contributed by atoms with Gasteiger partial charge in [-0.15, -0.1) is 0 Å². The molecule has 1 fully saturated rings. The zero-order valence-electron chi connectivity index (χ0n) is 20.1. The second kappa shape index (κ2) is 11.6. The van der Waals surface area contributed by atoms with Gasteiger partial charge in [-0.1, -0.05) is 12.2 Å². The molecular formula is C22H24N4O9S. The van der Waals surface area contributed by atoms with Crippen molar-refractivity contribution in [2.45, 2.75) is 65.3 Å². The topological polar surface area (TPSA) is 193 Å². The van der Waals surface area contributed by atoms with Gasteiger partial charge in [-0.3, -0.25) is 23.7 Å². The fourth-order valence-electron chi connectivity index (χ4n) is 3.77. The van der Waals surface area contributed by atoms with Crippen LogP contribution < -0.4 is 5.73 Å². The molecule has 0 amide bonds. The molecular weight excluding hydrogens is 496 g/mol. The summed E-state index contributed by atoms with van der Waals surface area (Å²) < 4.78 is 28.1. The highest BCUT2D eigenvalue weighted by molar-refractivity contribution is 7.71. The molecule has 1 aliphatic rings. The Kier molecular flexibility index (Phi) is 9.11. The van der Waals surface area contributed by atoms with E-state index in [9.17, 15) is 29.7 Å². The SMILES string of the molecule is CC(=O)OC[C@@H]1O[C@H](n2c(N)c(C#N)c(C)c(C#N)c2=S)[C@H](OC(C)=O)[C@H](OC(C)=O)[C@@H]1OC(C)=O. The van der Waals surface area contributed by atoms with Crippen molar-refractivity contribution in [1.29, 1.82) is 10.5 Å². The molecule has 1 aromatic heterocycles. The first-order valence-corrected chi connectivity index (χ1v) is 10.9. The van der Waals surface area contributed by atoms with Crippen molar-refractivity contribution in [1.82, 2.24) is 4.57 Å². The van der Waals surface area contributed by atoms with Gasteiger partial charge in [-0.2, -0.15) is 10.5 Å². The molecule has 0 radical (unpaired) electrons. The van der Waals surface area contributed by atoms with E-state index in [4.69, 9.17) is 41.6 Å². The van der Waals surface area contributed by atoms with E-state index < -0.39 is 61.1 Å². The number of nitrogen functional groups attached to an aromatic ring is 1. The molecule has 5 atom stereocenters. The highest BCUT2D eigenvalue weighted by Crippen LogP contribution is 2.37. The molecule has 0 unspecified atom stereocenters. The number of esters is 4. The minimum atomic E-state index is -1.51. The lowest BCUT2D eigenvalue weighted by atomic mass is 9.96. The lowest BCUT2D eigenvalue weighted by Crippen LogP contribution is -2.60. The number of hydrogen-bond donors (Lipinski definition) is 1. The summed E-state index contributed by atoms with van der Waals surface area (Å²) in [7, 11) is 0. The van der Waals surface area contributed by atoms with Gasteiger partial charge in [0.1, 0.15) is 35.3 Å². The van der Waals surface area contributed by atoms with Crippen LogP contribution in [0.1, 0.15) is 50.6 Å². The summed E-state index contributed by atoms with van der Waals surface area (Å²) in [6.07, 6.45) is -7.14. The molecule has 0 aliphatic carbocycles. The number of nitriles is 2. The van der Waals surface area contributed by atoms with E-state index in [1.807, 2.05) is 12.1 Å². The molecule has 2 rings (SSSR count). The quantitative estimate of drug-likeness (QED) is 0.319. The van der Waals surface area contributed by atoms with Crippen molar-refractivity contribution in [3.8, 4) is 12.1 Å². The van der Waals surface area contributed by atoms with E-state index in [0.717, 1.165) is 32.3 Å². The van der Waals surface area contributed by atoms with Gasteiger partial charge in [-0.05, 0) is 12.5 Å². The maximum atomic E-state index is 12.0. The molecule has 2 N–H and O–H groups in total. The van der Waals surface area contributed by atoms with Crippen LogP contribution in [-0.2, 0) is 42.9 Å². The monoisotopic (exact) mass is 520 g/mol. The summed E-state index contributed by atoms with van der Waals surface area (Å²) in [5, 5.41) is 19.3. The van der Waals surface area contributed by atoms with Crippen LogP contribution in [-0.4, -0.2) is 59.5 Å². The average molecular weight is 521 g/mol. The van der Waals surface area contributed by atoms with E-state index >= 15 is 0 Å². The van der Waals surface area contributed by atoms with Crippen molar-refractivity contribution >= 4 is 41.9 Å². The van der Waals surface area contributed by atoms with Gasteiger partial charge in [0.15, 0.2) is 24.5 Å². The highest BCUT2D eigenvalue weighted by atomic mass is 32.1. The van der Waals surface area contributed by atoms with Gasteiger partial charge >= 0.3 is 23.9 Å². The van der Waals surface area contributed by atoms with E-state index in [2.05, 4.69) is 0 Å². The van der Waals surface area contributed by atoms with Crippen LogP contribution in [0.3, 0.4) is 0 Å². The number of rotatable bonds is 6. The van der Waals surface area contributed by atoms with Crippen molar-refractivity contribution < 1.29 is 42.9 Å². The van der Waals surface area contributed by atoms with Crippen LogP contribution in [0.15, 0.2) is 0 Å². The summed E-state index contributed by atoms with van der Waals surface area (Å²) in [6.45, 7) is 5.40. The summed E-state index contributed by atoms with van der Waals surface area (Å²) in [5.41, 5.74) is 6.31. The van der Waals surface area contributed by atoms with Gasteiger partial charge in [0.25, 0.3) is 0 Å². The number of hydrogen-bond acceptors (Lipinski definition) is 13. The maximum absolute atomic E-state index is 12.0. The number of ether oxygens (including phenoxy) is 5. The molecule has 1 aromatic rings. The highest BCUT2D eigenvalue weighted by Gasteiger charge is 2.53. The smallest absolute Gasteiger partial charge is 0.303 e. The third-order valence-corrected chi connectivity index (χ3v) is 5.54. The lowest BCUT2D eigenvalue weighted by molar-refractivity contribution is -0.268. The summed E-state index contributed by atoms with van der Waals surface area (Å²) >= 11 is 5.44. The Morgan fingerprint density at radius 2 is 1.42 bits per heavy atom. The third-order valence-electron chi connectivity index (χ3n) is 5.14. The number of pyridine rings is 1. The molecule has 0 bridgehead atoms. The fraction of sp³-hybridized carbons (Fsp3) is 0.500. The number of anilines is 1. The Morgan fingerprint density at radius 3 is 1.89 bits per heavy atom. The maximum Gasteiger partial charge on any atom is 0.303 e. The summed E-state index contributed by atoms with van der Waals surface area (Å²) in [4.78, 5) is 47.4. The van der Waals surface area contributed by atoms with E-state index in [1.165, 1.54) is 6.92 Å². The third kappa shape index (κ3) is 5.97. The fourth-order valence-corrected chi connectivity index (χ4v) is 4.17. The van der Waals surface area contributed by atoms with Crippen LogP contribution in [0, 0.1) is 34.2 Å². The van der Waals surface area contributed by atoms with Crippen LogP contribution in [0.2, 0.25) is 0 Å². The van der Waals surface area contributed by atoms with Gasteiger partial charge in [0.2, 0.25) is 0 Å². The minimum Gasteiger partial charge on any atom is -0.463 e. The second-order valence-electron chi connectivity index (χ2n) is 7.75. The Bertz CT molecular complexity index is 1230. The Labute approximate surface area is 211 Å². The van der Waals surface area contributed by atoms with Crippen LogP contribution in [0.4, 0.5) is 5.82 Å². The van der Waals surface area contributed by atoms with Gasteiger partial charge < -0.3 is 29.4 Å². The van der Waals surface area contributed by atoms with Crippen LogP contribution in [0.5, 0.6) is 0 Å². The molecule has 0 spiro atoms. The van der Waals surface area contributed by atoms with E-state index in [1.54, 1.807) is 0 Å². The number of carbonyl (C=O) groups is 4. The normalized spacial score (nSPS) is 22.9. The standard InChI is InChI=1S/C22H24N4O9S/c1-9-14(6-23)20(25)26(22(36)15(9)7-24)21-19(34-13(5)30)18(33-12(4)29)17(32-11(3)28)16(35-21)8-31-10(2)27/h16-19,21H,8,25H2,1-5H3/t16-,17+,18+,19+,21-/m0/s1. The van der Waals surface area contributed by atoms with Gasteiger partial charge in [0, 0.05) is 27.7 Å². The van der Waals surface area contributed by atoms with Crippen LogP contribution in [0.25, 0.3) is 0 Å². The molecule has 192 valence electrons. The van der Waals surface area contributed by atoms with Crippen molar-refractivity contribution in [3.05, 3.63) is 21.3 Å². The van der Waals surface area contributed by atoms with Gasteiger partial charge in [0.05, 0.1) is 11.1 Å². The minimum absolute atomic E-state index is 0.0661. The second-order valence-corrected chi connectivity index (χ2v) is 8.14. The zero-order valence-corrected chi connectivity index (χ0v) is 20.9. The van der Waals surface area contributed by atoms with Crippen molar-refractivity contribution in [2.75, 3.05) is 12.3 Å². The summed E-state index contributed by atoms with van der Waals surface area (Å²) in [6, 6.07) is 3.81. The predicted octanol–water partition coefficient (Wildman–Crippen LogP) is 1.11. The molecule has 0 saturated carbocycles. The van der Waals surface area contributed by atoms with E-state index in [0.29, 0.717) is 0 Å². The van der Waals surface area contributed by atoms with Crippen LogP contribution >= 0.6 is 12.2 Å². The molecule has 14 heteroatoms. The first-order valence-electron chi connectivity index (χ1n) is 10.5. The molecule has 0 aromatic carbocycles. The number of nitrogens with two attached hydrogens (primary N) is 1. The zero-order chi connectivity index (χ0) is 27.3. The lowest BCUT2D eigenvalue weighted by Gasteiger charge is -2.45. The largest absolute Gasteiger partial charge is 0.463 e. The number of carbonyl (C=O) groups excluding carboxylic acids is 4. The molecule has 13 nitrogen and oxygen atoms in total. The first kappa shape index (κ1) is 28.2. The Hall–Kier alpha value is -4.01. The summed E-state index contributed by atoms with van der Waals surface area (Å²) in [5.74, 6) is -3.35. The Balaban J connectivity index is 2.86. The van der Waals surface area contributed by atoms with Crippen molar-refractivity contribution in [2.24, 2.45) is 0 Å². The molecule has 1 aliphatic heterocycles. The number of aromatic nitrogens is 1. The molecule has 2 heterocycles. The number of nitrogens with zero attached hydrogens (tertiary/aromatic N) is 3. The van der Waals surface area contributed by atoms with E-state index in [-0.39, 0.29) is 27.1 Å². The molecule has 1 saturated heterocycles. The molecule has 36 heavy (non-hydrogen) atoms. The Morgan fingerprint density at radius 1 is 0.917 bits per heavy atom. The predicted molar refractivity (Wildman–Crippen MR) is 121 cm³/mol. The average Bonchev–Trinajstić information content (AvgIpc) is 2.75. The first-order chi connectivity index (χ1) is 16.8. The van der Waals surface area contributed by atoms with Gasteiger partial charge in [-0.25, -0.2) is 0 Å². The van der Waals surface area contributed by atoms with Crippen molar-refractivity contribution in [3.63, 3.8) is 0 Å².